The third kappa shape index (κ3) is 3.06. The van der Waals surface area contributed by atoms with E-state index < -0.39 is 6.09 Å². The van der Waals surface area contributed by atoms with E-state index in [1.165, 1.54) is 4.90 Å². The molecular formula is C15H14ClNO2. The summed E-state index contributed by atoms with van der Waals surface area (Å²) in [6.45, 7) is 2.08. The van der Waals surface area contributed by atoms with Gasteiger partial charge >= 0.3 is 6.09 Å². The Morgan fingerprint density at radius 1 is 1.11 bits per heavy atom. The molecule has 2 aromatic carbocycles. The molecule has 0 atom stereocenters. The van der Waals surface area contributed by atoms with Crippen LogP contribution in [0.3, 0.4) is 0 Å². The van der Waals surface area contributed by atoms with Gasteiger partial charge in [0, 0.05) is 0 Å². The van der Waals surface area contributed by atoms with Gasteiger partial charge in [0.25, 0.3) is 0 Å². The van der Waals surface area contributed by atoms with Crippen LogP contribution in [-0.4, -0.2) is 12.7 Å². The van der Waals surface area contributed by atoms with Gasteiger partial charge < -0.3 is 4.74 Å². The molecule has 2 aromatic rings. The first kappa shape index (κ1) is 13.4. The molecule has 98 valence electrons. The number of anilines is 2. The van der Waals surface area contributed by atoms with Crippen LogP contribution in [0.5, 0.6) is 0 Å². The van der Waals surface area contributed by atoms with Crippen molar-refractivity contribution in [1.29, 1.82) is 0 Å². The van der Waals surface area contributed by atoms with Gasteiger partial charge in [0.15, 0.2) is 0 Å². The number of para-hydroxylation sites is 2. The minimum Gasteiger partial charge on any atom is -0.449 e. The Morgan fingerprint density at radius 3 is 2.37 bits per heavy atom. The normalized spacial score (nSPS) is 10.0. The predicted octanol–water partition coefficient (Wildman–Crippen LogP) is 4.63. The second-order valence-electron chi connectivity index (χ2n) is 3.82. The minimum atomic E-state index is -0.443. The molecule has 0 heterocycles. The quantitative estimate of drug-likeness (QED) is 0.817. The first-order valence-corrected chi connectivity index (χ1v) is 6.38. The number of nitrogens with zero attached hydrogens (tertiary/aromatic N) is 1. The van der Waals surface area contributed by atoms with Crippen molar-refractivity contribution >= 4 is 29.1 Å². The molecule has 0 spiro atoms. The van der Waals surface area contributed by atoms with Gasteiger partial charge in [0.2, 0.25) is 0 Å². The van der Waals surface area contributed by atoms with Gasteiger partial charge in [-0.2, -0.15) is 0 Å². The monoisotopic (exact) mass is 275 g/mol. The van der Waals surface area contributed by atoms with Crippen molar-refractivity contribution in [2.24, 2.45) is 0 Å². The maximum absolute atomic E-state index is 12.1. The fraction of sp³-hybridized carbons (Fsp3) is 0.133. The highest BCUT2D eigenvalue weighted by molar-refractivity contribution is 6.34. The highest BCUT2D eigenvalue weighted by atomic mass is 35.5. The average molecular weight is 276 g/mol. The molecule has 4 heteroatoms. The molecule has 19 heavy (non-hydrogen) atoms. The molecule has 0 aliphatic carbocycles. The van der Waals surface area contributed by atoms with Crippen molar-refractivity contribution < 1.29 is 9.53 Å². The molecule has 0 saturated heterocycles. The molecule has 0 unspecified atom stereocenters. The zero-order valence-electron chi connectivity index (χ0n) is 10.5. The Morgan fingerprint density at radius 2 is 1.74 bits per heavy atom. The van der Waals surface area contributed by atoms with E-state index >= 15 is 0 Å². The summed E-state index contributed by atoms with van der Waals surface area (Å²) < 4.78 is 5.10. The second-order valence-corrected chi connectivity index (χ2v) is 4.23. The second kappa shape index (κ2) is 6.25. The van der Waals surface area contributed by atoms with E-state index in [9.17, 15) is 4.79 Å². The lowest BCUT2D eigenvalue weighted by Crippen LogP contribution is -2.26. The highest BCUT2D eigenvalue weighted by Crippen LogP contribution is 2.32. The summed E-state index contributed by atoms with van der Waals surface area (Å²) >= 11 is 6.16. The van der Waals surface area contributed by atoms with Gasteiger partial charge in [-0.25, -0.2) is 9.69 Å². The Hall–Kier alpha value is -2.00. The summed E-state index contributed by atoms with van der Waals surface area (Å²) in [5.41, 5.74) is 1.32. The summed E-state index contributed by atoms with van der Waals surface area (Å²) in [4.78, 5) is 13.6. The van der Waals surface area contributed by atoms with Gasteiger partial charge in [-0.1, -0.05) is 41.9 Å². The topological polar surface area (TPSA) is 29.5 Å². The van der Waals surface area contributed by atoms with E-state index in [0.29, 0.717) is 23.0 Å². The lowest BCUT2D eigenvalue weighted by atomic mass is 10.2. The Bertz CT molecular complexity index is 557. The first-order chi connectivity index (χ1) is 9.24. The molecule has 3 nitrogen and oxygen atoms in total. The summed E-state index contributed by atoms with van der Waals surface area (Å²) in [5, 5.41) is 0.499. The fourth-order valence-corrected chi connectivity index (χ4v) is 1.96. The molecule has 0 aromatic heterocycles. The largest absolute Gasteiger partial charge is 0.449 e. The van der Waals surface area contributed by atoms with Crippen LogP contribution in [0.1, 0.15) is 6.92 Å². The number of ether oxygens (including phenoxy) is 1. The third-order valence-electron chi connectivity index (χ3n) is 2.56. The SMILES string of the molecule is CCOC(=O)N(c1ccccc1)c1ccccc1Cl. The molecule has 0 saturated carbocycles. The standard InChI is InChI=1S/C15H14ClNO2/c1-2-19-15(18)17(12-8-4-3-5-9-12)14-11-7-6-10-13(14)16/h3-11H,2H2,1H3. The van der Waals surface area contributed by atoms with Crippen molar-refractivity contribution in [3.8, 4) is 0 Å². The number of hydrogen-bond acceptors (Lipinski definition) is 2. The van der Waals surface area contributed by atoms with Crippen LogP contribution in [0.2, 0.25) is 5.02 Å². The van der Waals surface area contributed by atoms with Crippen LogP contribution in [0.25, 0.3) is 0 Å². The van der Waals surface area contributed by atoms with Crippen LogP contribution in [-0.2, 0) is 4.74 Å². The van der Waals surface area contributed by atoms with E-state index in [1.54, 1.807) is 19.1 Å². The van der Waals surface area contributed by atoms with E-state index in [4.69, 9.17) is 16.3 Å². The lowest BCUT2D eigenvalue weighted by molar-refractivity contribution is 0.162. The summed E-state index contributed by atoms with van der Waals surface area (Å²) in [6, 6.07) is 16.4. The van der Waals surface area contributed by atoms with Gasteiger partial charge in [-0.05, 0) is 31.2 Å². The van der Waals surface area contributed by atoms with Crippen LogP contribution in [0.4, 0.5) is 16.2 Å². The molecule has 0 bridgehead atoms. The van der Waals surface area contributed by atoms with Crippen LogP contribution in [0.15, 0.2) is 54.6 Å². The number of amides is 1. The molecule has 0 radical (unpaired) electrons. The zero-order valence-corrected chi connectivity index (χ0v) is 11.3. The van der Waals surface area contributed by atoms with E-state index in [-0.39, 0.29) is 0 Å². The van der Waals surface area contributed by atoms with Crippen molar-refractivity contribution in [3.05, 3.63) is 59.6 Å². The third-order valence-corrected chi connectivity index (χ3v) is 2.88. The van der Waals surface area contributed by atoms with E-state index in [2.05, 4.69) is 0 Å². The number of halogens is 1. The lowest BCUT2D eigenvalue weighted by Gasteiger charge is -2.22. The first-order valence-electron chi connectivity index (χ1n) is 6.00. The molecule has 0 fully saturated rings. The smallest absolute Gasteiger partial charge is 0.418 e. The van der Waals surface area contributed by atoms with Crippen molar-refractivity contribution in [2.75, 3.05) is 11.5 Å². The zero-order chi connectivity index (χ0) is 13.7. The summed E-state index contributed by atoms with van der Waals surface area (Å²) in [5.74, 6) is 0. The van der Waals surface area contributed by atoms with Crippen molar-refractivity contribution in [1.82, 2.24) is 0 Å². The van der Waals surface area contributed by atoms with Crippen LogP contribution in [0, 0.1) is 0 Å². The maximum Gasteiger partial charge on any atom is 0.418 e. The van der Waals surface area contributed by atoms with Gasteiger partial charge in [0.05, 0.1) is 23.0 Å². The Balaban J connectivity index is 2.46. The Labute approximate surface area is 117 Å². The van der Waals surface area contributed by atoms with Gasteiger partial charge in [-0.3, -0.25) is 0 Å². The molecule has 0 N–H and O–H groups in total. The number of rotatable bonds is 3. The molecule has 2 rings (SSSR count). The van der Waals surface area contributed by atoms with Crippen LogP contribution >= 0.6 is 11.6 Å². The number of carbonyl (C=O) groups excluding carboxylic acids is 1. The maximum atomic E-state index is 12.1. The van der Waals surface area contributed by atoms with Gasteiger partial charge in [0.1, 0.15) is 0 Å². The molecular weight excluding hydrogens is 262 g/mol. The predicted molar refractivity (Wildman–Crippen MR) is 77.1 cm³/mol. The van der Waals surface area contributed by atoms with E-state index in [1.807, 2.05) is 42.5 Å². The molecule has 0 aliphatic rings. The van der Waals surface area contributed by atoms with Crippen LogP contribution < -0.4 is 4.90 Å². The van der Waals surface area contributed by atoms with Crippen molar-refractivity contribution in [2.45, 2.75) is 6.92 Å². The molecule has 0 aliphatic heterocycles. The number of carbonyl (C=O) groups is 1. The summed E-state index contributed by atoms with van der Waals surface area (Å²) in [7, 11) is 0. The highest BCUT2D eigenvalue weighted by Gasteiger charge is 2.20. The number of hydrogen-bond donors (Lipinski definition) is 0. The summed E-state index contributed by atoms with van der Waals surface area (Å²) in [6.07, 6.45) is -0.443. The van der Waals surface area contributed by atoms with E-state index in [0.717, 1.165) is 0 Å². The number of benzene rings is 2. The average Bonchev–Trinajstić information content (AvgIpc) is 2.43. The van der Waals surface area contributed by atoms with Crippen molar-refractivity contribution in [3.63, 3.8) is 0 Å². The Kier molecular flexibility index (Phi) is 4.42. The minimum absolute atomic E-state index is 0.312. The van der Waals surface area contributed by atoms with Gasteiger partial charge in [-0.15, -0.1) is 0 Å². The molecule has 1 amide bonds. The fourth-order valence-electron chi connectivity index (χ4n) is 1.74.